The van der Waals surface area contributed by atoms with Crippen LogP contribution in [0.15, 0.2) is 91.4 Å². The van der Waals surface area contributed by atoms with Crippen molar-refractivity contribution in [3.63, 3.8) is 0 Å². The number of rotatable bonds is 9. The van der Waals surface area contributed by atoms with Crippen LogP contribution < -0.4 is 15.4 Å². The monoisotopic (exact) mass is 411 g/mol. The molecule has 1 aromatic carbocycles. The Bertz CT molecular complexity index is 1070. The number of hydrogen-bond acceptors (Lipinski definition) is 6. The van der Waals surface area contributed by atoms with E-state index in [2.05, 4.69) is 32.5 Å². The number of nitrogens with one attached hydrogen (secondary N) is 2. The van der Waals surface area contributed by atoms with Crippen LogP contribution in [0.1, 0.15) is 18.2 Å². The Morgan fingerprint density at radius 3 is 2.32 bits per heavy atom. The Labute approximate surface area is 182 Å². The summed E-state index contributed by atoms with van der Waals surface area (Å²) in [6.45, 7) is 2.81. The van der Waals surface area contributed by atoms with Crippen molar-refractivity contribution in [1.29, 1.82) is 0 Å². The Hall–Kier alpha value is -3.77. The molecule has 31 heavy (non-hydrogen) atoms. The van der Waals surface area contributed by atoms with E-state index in [1.165, 1.54) is 0 Å². The average Bonchev–Trinajstić information content (AvgIpc) is 2.81. The normalized spacial score (nSPS) is 11.6. The SMILES string of the molecule is CC(Cc1ccccn1)NCc1cccnc1Oc1ccc(Nc2ccccn2)cc1. The Morgan fingerprint density at radius 2 is 1.58 bits per heavy atom. The number of hydrogen-bond donors (Lipinski definition) is 2. The van der Waals surface area contributed by atoms with Crippen LogP contribution in [-0.4, -0.2) is 21.0 Å². The fourth-order valence-corrected chi connectivity index (χ4v) is 3.14. The van der Waals surface area contributed by atoms with E-state index >= 15 is 0 Å². The van der Waals surface area contributed by atoms with Crippen molar-refractivity contribution in [2.45, 2.75) is 25.9 Å². The van der Waals surface area contributed by atoms with Crippen molar-refractivity contribution < 1.29 is 4.74 Å². The van der Waals surface area contributed by atoms with Gasteiger partial charge in [0.2, 0.25) is 5.88 Å². The summed E-state index contributed by atoms with van der Waals surface area (Å²) in [5.74, 6) is 2.13. The Morgan fingerprint density at radius 1 is 0.806 bits per heavy atom. The van der Waals surface area contributed by atoms with Crippen molar-refractivity contribution in [3.05, 3.63) is 103 Å². The molecule has 4 aromatic rings. The molecule has 6 nitrogen and oxygen atoms in total. The molecule has 2 N–H and O–H groups in total. The molecule has 0 saturated heterocycles. The highest BCUT2D eigenvalue weighted by molar-refractivity contribution is 5.57. The molecular formula is C25H25N5O. The highest BCUT2D eigenvalue weighted by Crippen LogP contribution is 2.25. The van der Waals surface area contributed by atoms with Gasteiger partial charge in [0.15, 0.2) is 0 Å². The summed E-state index contributed by atoms with van der Waals surface area (Å²) in [5, 5.41) is 6.79. The molecular weight excluding hydrogens is 386 g/mol. The fourth-order valence-electron chi connectivity index (χ4n) is 3.14. The van der Waals surface area contributed by atoms with Crippen molar-refractivity contribution in [2.75, 3.05) is 5.32 Å². The summed E-state index contributed by atoms with van der Waals surface area (Å²) in [4.78, 5) is 13.1. The first-order chi connectivity index (χ1) is 15.3. The summed E-state index contributed by atoms with van der Waals surface area (Å²) in [5.41, 5.74) is 3.02. The molecule has 0 aliphatic rings. The van der Waals surface area contributed by atoms with Crippen molar-refractivity contribution in [3.8, 4) is 11.6 Å². The van der Waals surface area contributed by atoms with Crippen molar-refractivity contribution in [2.24, 2.45) is 0 Å². The highest BCUT2D eigenvalue weighted by atomic mass is 16.5. The molecule has 0 radical (unpaired) electrons. The highest BCUT2D eigenvalue weighted by Gasteiger charge is 2.09. The Kier molecular flexibility index (Phi) is 6.82. The van der Waals surface area contributed by atoms with Gasteiger partial charge in [0, 0.05) is 54.5 Å². The lowest BCUT2D eigenvalue weighted by Crippen LogP contribution is -2.28. The zero-order chi connectivity index (χ0) is 21.3. The van der Waals surface area contributed by atoms with Crippen LogP contribution in [0.2, 0.25) is 0 Å². The van der Waals surface area contributed by atoms with Gasteiger partial charge in [-0.25, -0.2) is 9.97 Å². The minimum Gasteiger partial charge on any atom is -0.439 e. The van der Waals surface area contributed by atoms with Crippen LogP contribution in [0, 0.1) is 0 Å². The number of pyridine rings is 3. The zero-order valence-corrected chi connectivity index (χ0v) is 17.4. The third-order valence-corrected chi connectivity index (χ3v) is 4.74. The number of ether oxygens (including phenoxy) is 1. The lowest BCUT2D eigenvalue weighted by atomic mass is 10.1. The number of aromatic nitrogens is 3. The second-order valence-electron chi connectivity index (χ2n) is 7.24. The van der Waals surface area contributed by atoms with E-state index in [1.807, 2.05) is 79.0 Å². The largest absolute Gasteiger partial charge is 0.439 e. The maximum Gasteiger partial charge on any atom is 0.223 e. The predicted molar refractivity (Wildman–Crippen MR) is 123 cm³/mol. The Balaban J connectivity index is 1.36. The molecule has 0 aliphatic carbocycles. The second-order valence-corrected chi connectivity index (χ2v) is 7.24. The van der Waals surface area contributed by atoms with E-state index in [-0.39, 0.29) is 6.04 Å². The summed E-state index contributed by atoms with van der Waals surface area (Å²) < 4.78 is 6.06. The van der Waals surface area contributed by atoms with Gasteiger partial charge in [-0.15, -0.1) is 0 Å². The third kappa shape index (κ3) is 6.10. The van der Waals surface area contributed by atoms with Gasteiger partial charge < -0.3 is 15.4 Å². The molecule has 0 saturated carbocycles. The molecule has 1 unspecified atom stereocenters. The lowest BCUT2D eigenvalue weighted by molar-refractivity contribution is 0.448. The molecule has 1 atom stereocenters. The van der Waals surface area contributed by atoms with Gasteiger partial charge >= 0.3 is 0 Å². The molecule has 0 amide bonds. The van der Waals surface area contributed by atoms with Crippen LogP contribution in [0.5, 0.6) is 11.6 Å². The first kappa shape index (κ1) is 20.5. The summed E-state index contributed by atoms with van der Waals surface area (Å²) >= 11 is 0. The summed E-state index contributed by atoms with van der Waals surface area (Å²) in [6.07, 6.45) is 6.19. The molecule has 6 heteroatoms. The van der Waals surface area contributed by atoms with Gasteiger partial charge in [-0.3, -0.25) is 4.98 Å². The smallest absolute Gasteiger partial charge is 0.223 e. The predicted octanol–water partition coefficient (Wildman–Crippen LogP) is 5.13. The minimum absolute atomic E-state index is 0.278. The summed E-state index contributed by atoms with van der Waals surface area (Å²) in [6, 6.07) is 23.7. The molecule has 0 bridgehead atoms. The number of benzene rings is 1. The van der Waals surface area contributed by atoms with Crippen molar-refractivity contribution in [1.82, 2.24) is 20.3 Å². The van der Waals surface area contributed by atoms with Gasteiger partial charge in [-0.05, 0) is 61.5 Å². The molecule has 0 fully saturated rings. The maximum absolute atomic E-state index is 6.06. The standard InChI is InChI=1S/C25H25N5O/c1-19(17-22-8-2-4-14-26-22)29-18-20-7-6-16-28-25(20)31-23-12-10-21(11-13-23)30-24-9-3-5-15-27-24/h2-16,19,29H,17-18H2,1H3,(H,27,30). The quantitative estimate of drug-likeness (QED) is 0.398. The van der Waals surface area contributed by atoms with Crippen molar-refractivity contribution >= 4 is 11.5 Å². The molecule has 0 aliphatic heterocycles. The first-order valence-electron chi connectivity index (χ1n) is 10.3. The molecule has 0 spiro atoms. The van der Waals surface area contributed by atoms with E-state index in [0.717, 1.165) is 34.9 Å². The van der Waals surface area contributed by atoms with Crippen LogP contribution in [0.25, 0.3) is 0 Å². The van der Waals surface area contributed by atoms with Gasteiger partial charge in [-0.1, -0.05) is 18.2 Å². The van der Waals surface area contributed by atoms with Gasteiger partial charge in [-0.2, -0.15) is 0 Å². The van der Waals surface area contributed by atoms with E-state index < -0.39 is 0 Å². The number of anilines is 2. The molecule has 156 valence electrons. The van der Waals surface area contributed by atoms with E-state index in [1.54, 1.807) is 12.4 Å². The van der Waals surface area contributed by atoms with Crippen LogP contribution in [0.4, 0.5) is 11.5 Å². The second kappa shape index (κ2) is 10.3. The minimum atomic E-state index is 0.278. The first-order valence-corrected chi connectivity index (χ1v) is 10.3. The van der Waals surface area contributed by atoms with E-state index in [4.69, 9.17) is 4.74 Å². The van der Waals surface area contributed by atoms with Gasteiger partial charge in [0.05, 0.1) is 0 Å². The van der Waals surface area contributed by atoms with Crippen LogP contribution in [-0.2, 0) is 13.0 Å². The topological polar surface area (TPSA) is 72.0 Å². The fraction of sp³-hybridized carbons (Fsp3) is 0.160. The van der Waals surface area contributed by atoms with Crippen LogP contribution >= 0.6 is 0 Å². The van der Waals surface area contributed by atoms with E-state index in [0.29, 0.717) is 12.4 Å². The maximum atomic E-state index is 6.06. The van der Waals surface area contributed by atoms with E-state index in [9.17, 15) is 0 Å². The van der Waals surface area contributed by atoms with Gasteiger partial charge in [0.1, 0.15) is 11.6 Å². The molecule has 4 rings (SSSR count). The third-order valence-electron chi connectivity index (χ3n) is 4.74. The lowest BCUT2D eigenvalue weighted by Gasteiger charge is -2.15. The van der Waals surface area contributed by atoms with Gasteiger partial charge in [0.25, 0.3) is 0 Å². The summed E-state index contributed by atoms with van der Waals surface area (Å²) in [7, 11) is 0. The average molecular weight is 412 g/mol. The van der Waals surface area contributed by atoms with Crippen LogP contribution in [0.3, 0.4) is 0 Å². The zero-order valence-electron chi connectivity index (χ0n) is 17.4. The number of nitrogens with zero attached hydrogens (tertiary/aromatic N) is 3. The molecule has 3 heterocycles. The molecule has 3 aromatic heterocycles.